The van der Waals surface area contributed by atoms with Gasteiger partial charge in [0.25, 0.3) is 0 Å². The van der Waals surface area contributed by atoms with Gasteiger partial charge in [-0.2, -0.15) is 0 Å². The SMILES string of the molecule is Cc1nnc(CN(C)CC(=O)NCCC(O)c2ccccc2)n1C. The van der Waals surface area contributed by atoms with Crippen molar-refractivity contribution in [2.75, 3.05) is 20.1 Å². The quantitative estimate of drug-likeness (QED) is 0.747. The third-order valence-corrected chi connectivity index (χ3v) is 3.93. The molecule has 0 saturated heterocycles. The summed E-state index contributed by atoms with van der Waals surface area (Å²) in [4.78, 5) is 13.9. The van der Waals surface area contributed by atoms with E-state index < -0.39 is 6.10 Å². The van der Waals surface area contributed by atoms with Crippen molar-refractivity contribution in [3.63, 3.8) is 0 Å². The molecule has 0 aliphatic rings. The van der Waals surface area contributed by atoms with E-state index in [4.69, 9.17) is 0 Å². The lowest BCUT2D eigenvalue weighted by Gasteiger charge is -2.16. The fourth-order valence-electron chi connectivity index (χ4n) is 2.38. The predicted molar refractivity (Wildman–Crippen MR) is 91.1 cm³/mol. The second-order valence-electron chi connectivity index (χ2n) is 5.96. The standard InChI is InChI=1S/C17H25N5O2/c1-13-19-20-16(22(13)3)11-21(2)12-17(24)18-10-9-15(23)14-7-5-4-6-8-14/h4-8,15,23H,9-12H2,1-3H3,(H,18,24). The van der Waals surface area contributed by atoms with Crippen LogP contribution in [-0.4, -0.2) is 50.8 Å². The fourth-order valence-corrected chi connectivity index (χ4v) is 2.38. The first-order valence-corrected chi connectivity index (χ1v) is 8.00. The largest absolute Gasteiger partial charge is 0.388 e. The molecule has 1 unspecified atom stereocenters. The minimum atomic E-state index is -0.564. The van der Waals surface area contributed by atoms with Crippen LogP contribution in [0.2, 0.25) is 0 Å². The Morgan fingerprint density at radius 3 is 2.67 bits per heavy atom. The summed E-state index contributed by atoms with van der Waals surface area (Å²) in [5, 5.41) is 21.0. The molecule has 130 valence electrons. The van der Waals surface area contributed by atoms with Crippen molar-refractivity contribution in [2.45, 2.75) is 26.0 Å². The first kappa shape index (κ1) is 18.1. The number of amides is 1. The Balaban J connectivity index is 1.70. The van der Waals surface area contributed by atoms with Crippen LogP contribution in [-0.2, 0) is 18.4 Å². The van der Waals surface area contributed by atoms with Gasteiger partial charge in [0, 0.05) is 13.6 Å². The number of hydrogen-bond donors (Lipinski definition) is 2. The van der Waals surface area contributed by atoms with E-state index >= 15 is 0 Å². The number of aromatic nitrogens is 3. The Kier molecular flexibility index (Phi) is 6.45. The number of nitrogens with one attached hydrogen (secondary N) is 1. The van der Waals surface area contributed by atoms with Crippen molar-refractivity contribution in [3.8, 4) is 0 Å². The van der Waals surface area contributed by atoms with Crippen LogP contribution in [0.3, 0.4) is 0 Å². The van der Waals surface area contributed by atoms with Crippen LogP contribution >= 0.6 is 0 Å². The highest BCUT2D eigenvalue weighted by molar-refractivity contribution is 5.77. The second-order valence-corrected chi connectivity index (χ2v) is 5.96. The molecular weight excluding hydrogens is 306 g/mol. The number of aliphatic hydroxyl groups is 1. The highest BCUT2D eigenvalue weighted by Crippen LogP contribution is 2.14. The highest BCUT2D eigenvalue weighted by atomic mass is 16.3. The zero-order valence-electron chi connectivity index (χ0n) is 14.4. The van der Waals surface area contributed by atoms with Gasteiger partial charge in [-0.1, -0.05) is 30.3 Å². The molecule has 0 aliphatic heterocycles. The summed E-state index contributed by atoms with van der Waals surface area (Å²) >= 11 is 0. The van der Waals surface area contributed by atoms with Gasteiger partial charge in [-0.25, -0.2) is 0 Å². The van der Waals surface area contributed by atoms with Gasteiger partial charge < -0.3 is 15.0 Å². The second kappa shape index (κ2) is 8.56. The van der Waals surface area contributed by atoms with Crippen molar-refractivity contribution in [1.82, 2.24) is 25.0 Å². The highest BCUT2D eigenvalue weighted by Gasteiger charge is 2.12. The fraction of sp³-hybridized carbons (Fsp3) is 0.471. The average molecular weight is 331 g/mol. The van der Waals surface area contributed by atoms with Crippen LogP contribution in [0.5, 0.6) is 0 Å². The molecule has 1 atom stereocenters. The third kappa shape index (κ3) is 5.14. The van der Waals surface area contributed by atoms with E-state index in [1.54, 1.807) is 0 Å². The van der Waals surface area contributed by atoms with Crippen LogP contribution in [0, 0.1) is 6.92 Å². The van der Waals surface area contributed by atoms with Crippen molar-refractivity contribution in [1.29, 1.82) is 0 Å². The Morgan fingerprint density at radius 1 is 1.33 bits per heavy atom. The topological polar surface area (TPSA) is 83.3 Å². The van der Waals surface area contributed by atoms with E-state index in [2.05, 4.69) is 15.5 Å². The van der Waals surface area contributed by atoms with E-state index in [9.17, 15) is 9.90 Å². The summed E-state index contributed by atoms with van der Waals surface area (Å²) in [6, 6.07) is 9.44. The van der Waals surface area contributed by atoms with Crippen molar-refractivity contribution in [3.05, 3.63) is 47.5 Å². The van der Waals surface area contributed by atoms with Crippen molar-refractivity contribution in [2.24, 2.45) is 7.05 Å². The summed E-state index contributed by atoms with van der Waals surface area (Å²) < 4.78 is 1.91. The summed E-state index contributed by atoms with van der Waals surface area (Å²) in [7, 11) is 3.77. The summed E-state index contributed by atoms with van der Waals surface area (Å²) in [6.07, 6.45) is -0.0760. The maximum absolute atomic E-state index is 12.0. The number of aliphatic hydroxyl groups excluding tert-OH is 1. The van der Waals surface area contributed by atoms with Crippen LogP contribution in [0.25, 0.3) is 0 Å². The first-order valence-electron chi connectivity index (χ1n) is 8.00. The van der Waals surface area contributed by atoms with Gasteiger partial charge in [0.15, 0.2) is 0 Å². The Labute approximate surface area is 142 Å². The lowest BCUT2D eigenvalue weighted by molar-refractivity contribution is -0.122. The lowest BCUT2D eigenvalue weighted by atomic mass is 10.1. The molecular formula is C17H25N5O2. The van der Waals surface area contributed by atoms with E-state index in [1.807, 2.05) is 60.8 Å². The number of hydrogen-bond acceptors (Lipinski definition) is 5. The molecule has 2 rings (SSSR count). The maximum Gasteiger partial charge on any atom is 0.234 e. The molecule has 1 aromatic heterocycles. The minimum absolute atomic E-state index is 0.0725. The van der Waals surface area contributed by atoms with E-state index in [0.29, 0.717) is 19.5 Å². The van der Waals surface area contributed by atoms with Crippen LogP contribution in [0.4, 0.5) is 0 Å². The molecule has 0 bridgehead atoms. The number of rotatable bonds is 8. The molecule has 2 aromatic rings. The number of carbonyl (C=O) groups excluding carboxylic acids is 1. The molecule has 0 aliphatic carbocycles. The van der Waals surface area contributed by atoms with Gasteiger partial charge in [0.05, 0.1) is 19.2 Å². The lowest BCUT2D eigenvalue weighted by Crippen LogP contribution is -2.36. The number of likely N-dealkylation sites (N-methyl/N-ethyl adjacent to an activating group) is 1. The molecule has 1 amide bonds. The maximum atomic E-state index is 12.0. The monoisotopic (exact) mass is 331 g/mol. The molecule has 7 nitrogen and oxygen atoms in total. The van der Waals surface area contributed by atoms with Crippen LogP contribution in [0.15, 0.2) is 30.3 Å². The normalized spacial score (nSPS) is 12.4. The van der Waals surface area contributed by atoms with E-state index in [1.165, 1.54) is 0 Å². The van der Waals surface area contributed by atoms with E-state index in [-0.39, 0.29) is 12.5 Å². The van der Waals surface area contributed by atoms with Gasteiger partial charge in [-0.05, 0) is 26.0 Å². The molecule has 24 heavy (non-hydrogen) atoms. The third-order valence-electron chi connectivity index (χ3n) is 3.93. The zero-order valence-corrected chi connectivity index (χ0v) is 14.4. The first-order chi connectivity index (χ1) is 11.5. The number of benzene rings is 1. The molecule has 0 saturated carbocycles. The molecule has 2 N–H and O–H groups in total. The predicted octanol–water partition coefficient (Wildman–Crippen LogP) is 0.795. The Bertz CT molecular complexity index is 656. The van der Waals surface area contributed by atoms with Gasteiger partial charge in [0.1, 0.15) is 11.6 Å². The number of nitrogens with zero attached hydrogens (tertiary/aromatic N) is 4. The van der Waals surface area contributed by atoms with Crippen LogP contribution < -0.4 is 5.32 Å². The number of aryl methyl sites for hydroxylation is 1. The summed E-state index contributed by atoms with van der Waals surface area (Å²) in [5.74, 6) is 1.59. The molecule has 0 spiro atoms. The van der Waals surface area contributed by atoms with Crippen molar-refractivity contribution >= 4 is 5.91 Å². The molecule has 1 aromatic carbocycles. The van der Waals surface area contributed by atoms with Gasteiger partial charge in [0.2, 0.25) is 5.91 Å². The van der Waals surface area contributed by atoms with Gasteiger partial charge in [-0.15, -0.1) is 10.2 Å². The molecule has 7 heteroatoms. The average Bonchev–Trinajstić information content (AvgIpc) is 2.87. The van der Waals surface area contributed by atoms with Crippen molar-refractivity contribution < 1.29 is 9.90 Å². The van der Waals surface area contributed by atoms with Crippen LogP contribution in [0.1, 0.15) is 29.7 Å². The van der Waals surface area contributed by atoms with Gasteiger partial charge >= 0.3 is 0 Å². The van der Waals surface area contributed by atoms with E-state index in [0.717, 1.165) is 17.2 Å². The summed E-state index contributed by atoms with van der Waals surface area (Å²) in [5.41, 5.74) is 0.863. The molecule has 1 heterocycles. The molecule has 0 radical (unpaired) electrons. The zero-order chi connectivity index (χ0) is 17.5. The number of carbonyl (C=O) groups is 1. The summed E-state index contributed by atoms with van der Waals surface area (Å²) in [6.45, 7) is 3.15. The Morgan fingerprint density at radius 2 is 2.04 bits per heavy atom. The minimum Gasteiger partial charge on any atom is -0.388 e. The Hall–Kier alpha value is -2.25. The van der Waals surface area contributed by atoms with Gasteiger partial charge in [-0.3, -0.25) is 9.69 Å². The molecule has 0 fully saturated rings. The smallest absolute Gasteiger partial charge is 0.234 e.